The quantitative estimate of drug-likeness (QED) is 0.818. The van der Waals surface area contributed by atoms with E-state index in [1.54, 1.807) is 11.3 Å². The molecule has 0 spiro atoms. The zero-order valence-corrected chi connectivity index (χ0v) is 8.93. The number of aryl methyl sites for hydroxylation is 1. The molecule has 72 valence electrons. The predicted octanol–water partition coefficient (Wildman–Crippen LogP) is 2.56. The largest absolute Gasteiger partial charge is 0.357 e. The molecule has 0 saturated heterocycles. The van der Waals surface area contributed by atoms with E-state index in [0.29, 0.717) is 5.95 Å². The van der Waals surface area contributed by atoms with Gasteiger partial charge in [-0.25, -0.2) is 9.97 Å². The number of nitrogens with zero attached hydrogens (tertiary/aromatic N) is 2. The van der Waals surface area contributed by atoms with Crippen molar-refractivity contribution in [3.05, 3.63) is 29.3 Å². The third-order valence-corrected chi connectivity index (χ3v) is 2.74. The van der Waals surface area contributed by atoms with Crippen molar-refractivity contribution in [2.45, 2.75) is 6.92 Å². The summed E-state index contributed by atoms with van der Waals surface area (Å²) in [6, 6.07) is 6.08. The molecule has 0 amide bonds. The molecule has 4 heteroatoms. The molecule has 2 rings (SSSR count). The zero-order valence-electron chi connectivity index (χ0n) is 8.11. The predicted molar refractivity (Wildman–Crippen MR) is 59.6 cm³/mol. The van der Waals surface area contributed by atoms with Crippen LogP contribution in [-0.4, -0.2) is 17.0 Å². The first-order chi connectivity index (χ1) is 6.79. The first-order valence-corrected chi connectivity index (χ1v) is 5.25. The Labute approximate surface area is 86.8 Å². The third kappa shape index (κ3) is 1.75. The van der Waals surface area contributed by atoms with Crippen molar-refractivity contribution in [3.63, 3.8) is 0 Å². The molecule has 0 fully saturated rings. The lowest BCUT2D eigenvalue weighted by atomic mass is 10.3. The first kappa shape index (κ1) is 9.15. The fraction of sp³-hybridized carbons (Fsp3) is 0.200. The third-order valence-electron chi connectivity index (χ3n) is 1.85. The van der Waals surface area contributed by atoms with Crippen LogP contribution in [-0.2, 0) is 0 Å². The Morgan fingerprint density at radius 1 is 1.36 bits per heavy atom. The average molecular weight is 205 g/mol. The van der Waals surface area contributed by atoms with E-state index in [1.807, 2.05) is 31.5 Å². The van der Waals surface area contributed by atoms with Crippen molar-refractivity contribution in [1.29, 1.82) is 0 Å². The maximum absolute atomic E-state index is 4.38. The topological polar surface area (TPSA) is 37.8 Å². The molecule has 0 aliphatic heterocycles. The Morgan fingerprint density at radius 3 is 2.86 bits per heavy atom. The Kier molecular flexibility index (Phi) is 2.45. The lowest BCUT2D eigenvalue weighted by molar-refractivity contribution is 1.10. The number of hydrogen-bond acceptors (Lipinski definition) is 4. The van der Waals surface area contributed by atoms with E-state index in [0.717, 1.165) is 11.4 Å². The minimum absolute atomic E-state index is 0.674. The maximum atomic E-state index is 4.38. The van der Waals surface area contributed by atoms with Crippen LogP contribution >= 0.6 is 11.3 Å². The van der Waals surface area contributed by atoms with Gasteiger partial charge in [-0.3, -0.25) is 0 Å². The summed E-state index contributed by atoms with van der Waals surface area (Å²) in [5.74, 6) is 0.674. The van der Waals surface area contributed by atoms with Crippen LogP contribution < -0.4 is 5.32 Å². The molecule has 3 nitrogen and oxygen atoms in total. The molecule has 14 heavy (non-hydrogen) atoms. The van der Waals surface area contributed by atoms with E-state index in [4.69, 9.17) is 0 Å². The summed E-state index contributed by atoms with van der Waals surface area (Å²) >= 11 is 1.69. The van der Waals surface area contributed by atoms with Crippen molar-refractivity contribution in [2.24, 2.45) is 0 Å². The molecular formula is C10H11N3S. The van der Waals surface area contributed by atoms with Gasteiger partial charge in [-0.05, 0) is 24.4 Å². The molecule has 0 unspecified atom stereocenters. The van der Waals surface area contributed by atoms with E-state index < -0.39 is 0 Å². The molecular weight excluding hydrogens is 194 g/mol. The Bertz CT molecular complexity index is 423. The van der Waals surface area contributed by atoms with Crippen LogP contribution in [0, 0.1) is 6.92 Å². The van der Waals surface area contributed by atoms with Crippen LogP contribution in [0.2, 0.25) is 0 Å². The van der Waals surface area contributed by atoms with Crippen molar-refractivity contribution >= 4 is 17.3 Å². The van der Waals surface area contributed by atoms with Crippen LogP contribution in [0.25, 0.3) is 10.6 Å². The van der Waals surface area contributed by atoms with Crippen LogP contribution in [0.15, 0.2) is 23.6 Å². The zero-order chi connectivity index (χ0) is 9.97. The normalized spacial score (nSPS) is 10.1. The van der Waals surface area contributed by atoms with Crippen LogP contribution in [0.3, 0.4) is 0 Å². The van der Waals surface area contributed by atoms with Gasteiger partial charge in [0.15, 0.2) is 0 Å². The van der Waals surface area contributed by atoms with E-state index in [-0.39, 0.29) is 0 Å². The number of aromatic nitrogens is 2. The van der Waals surface area contributed by atoms with Gasteiger partial charge in [0.2, 0.25) is 5.95 Å². The average Bonchev–Trinajstić information content (AvgIpc) is 2.69. The van der Waals surface area contributed by atoms with E-state index >= 15 is 0 Å². The minimum Gasteiger partial charge on any atom is -0.357 e. The second-order valence-electron chi connectivity index (χ2n) is 2.95. The monoisotopic (exact) mass is 205 g/mol. The summed E-state index contributed by atoms with van der Waals surface area (Å²) in [7, 11) is 1.83. The maximum Gasteiger partial charge on any atom is 0.223 e. The molecule has 2 heterocycles. The summed E-state index contributed by atoms with van der Waals surface area (Å²) in [6.07, 6.45) is 0. The lowest BCUT2D eigenvalue weighted by Crippen LogP contribution is -1.98. The van der Waals surface area contributed by atoms with Gasteiger partial charge in [-0.15, -0.1) is 11.3 Å². The number of thiophene rings is 1. The van der Waals surface area contributed by atoms with Crippen molar-refractivity contribution in [1.82, 2.24) is 9.97 Å². The molecule has 2 aromatic rings. The molecule has 0 radical (unpaired) electrons. The van der Waals surface area contributed by atoms with E-state index in [9.17, 15) is 0 Å². The van der Waals surface area contributed by atoms with E-state index in [1.165, 1.54) is 4.88 Å². The number of hydrogen-bond donors (Lipinski definition) is 1. The lowest BCUT2D eigenvalue weighted by Gasteiger charge is -2.02. The van der Waals surface area contributed by atoms with Crippen LogP contribution in [0.1, 0.15) is 5.69 Å². The smallest absolute Gasteiger partial charge is 0.223 e. The van der Waals surface area contributed by atoms with Crippen molar-refractivity contribution in [3.8, 4) is 10.6 Å². The van der Waals surface area contributed by atoms with Gasteiger partial charge >= 0.3 is 0 Å². The van der Waals surface area contributed by atoms with Gasteiger partial charge in [0.1, 0.15) is 0 Å². The fourth-order valence-electron chi connectivity index (χ4n) is 1.23. The highest BCUT2D eigenvalue weighted by Crippen LogP contribution is 2.23. The summed E-state index contributed by atoms with van der Waals surface area (Å²) in [4.78, 5) is 9.80. The highest BCUT2D eigenvalue weighted by Gasteiger charge is 2.03. The van der Waals surface area contributed by atoms with E-state index in [2.05, 4.69) is 21.4 Å². The van der Waals surface area contributed by atoms with Crippen molar-refractivity contribution in [2.75, 3.05) is 12.4 Å². The highest BCUT2D eigenvalue weighted by atomic mass is 32.1. The summed E-state index contributed by atoms with van der Waals surface area (Å²) in [5.41, 5.74) is 1.96. The van der Waals surface area contributed by atoms with Gasteiger partial charge in [-0.1, -0.05) is 6.07 Å². The van der Waals surface area contributed by atoms with Gasteiger partial charge in [0.05, 0.1) is 10.6 Å². The Morgan fingerprint density at radius 2 is 2.21 bits per heavy atom. The Balaban J connectivity index is 2.48. The fourth-order valence-corrected chi connectivity index (χ4v) is 1.92. The van der Waals surface area contributed by atoms with Gasteiger partial charge in [0.25, 0.3) is 0 Å². The SMILES string of the molecule is CNc1nc(C)cc(-c2cccs2)n1. The molecule has 0 bridgehead atoms. The van der Waals surface area contributed by atoms with Crippen LogP contribution in [0.5, 0.6) is 0 Å². The molecule has 0 aliphatic carbocycles. The molecule has 1 N–H and O–H groups in total. The number of anilines is 1. The number of nitrogens with one attached hydrogen (secondary N) is 1. The first-order valence-electron chi connectivity index (χ1n) is 4.37. The number of rotatable bonds is 2. The second kappa shape index (κ2) is 3.75. The molecule has 0 aliphatic rings. The highest BCUT2D eigenvalue weighted by molar-refractivity contribution is 7.13. The van der Waals surface area contributed by atoms with Crippen molar-refractivity contribution < 1.29 is 0 Å². The van der Waals surface area contributed by atoms with Gasteiger partial charge in [-0.2, -0.15) is 0 Å². The molecule has 0 saturated carbocycles. The summed E-state index contributed by atoms with van der Waals surface area (Å²) < 4.78 is 0. The molecule has 0 atom stereocenters. The minimum atomic E-state index is 0.674. The molecule has 0 aromatic carbocycles. The molecule has 2 aromatic heterocycles. The van der Waals surface area contributed by atoms with Crippen LogP contribution in [0.4, 0.5) is 5.95 Å². The van der Waals surface area contributed by atoms with Gasteiger partial charge < -0.3 is 5.32 Å². The summed E-state index contributed by atoms with van der Waals surface area (Å²) in [6.45, 7) is 1.97. The Hall–Kier alpha value is -1.42. The standard InChI is InChI=1S/C10H11N3S/c1-7-6-8(9-4-3-5-14-9)13-10(11-2)12-7/h3-6H,1-2H3,(H,11,12,13). The second-order valence-corrected chi connectivity index (χ2v) is 3.89. The summed E-state index contributed by atoms with van der Waals surface area (Å²) in [5, 5.41) is 5.00. The van der Waals surface area contributed by atoms with Gasteiger partial charge in [0, 0.05) is 12.7 Å².